The van der Waals surface area contributed by atoms with E-state index in [2.05, 4.69) is 49.8 Å². The fourth-order valence-electron chi connectivity index (χ4n) is 3.34. The van der Waals surface area contributed by atoms with E-state index in [9.17, 15) is 0 Å². The molecule has 8 heteroatoms. The van der Waals surface area contributed by atoms with Gasteiger partial charge < -0.3 is 29.7 Å². The van der Waals surface area contributed by atoms with Gasteiger partial charge in [0, 0.05) is 42.3 Å². The van der Waals surface area contributed by atoms with Crippen molar-refractivity contribution >= 4 is 28.7 Å². The van der Waals surface area contributed by atoms with E-state index in [1.165, 1.54) is 12.0 Å². The molecule has 3 aromatic rings. The van der Waals surface area contributed by atoms with E-state index in [0.29, 0.717) is 11.6 Å². The van der Waals surface area contributed by atoms with Crippen LogP contribution in [0, 0.1) is 0 Å². The van der Waals surface area contributed by atoms with Crippen LogP contribution in [-0.2, 0) is 4.74 Å². The summed E-state index contributed by atoms with van der Waals surface area (Å²) in [5.74, 6) is 2.87. The van der Waals surface area contributed by atoms with Gasteiger partial charge in [-0.25, -0.2) is 9.97 Å². The first kappa shape index (κ1) is 17.6. The number of hydrogen-bond donors (Lipinski definition) is 2. The largest absolute Gasteiger partial charge is 0.454 e. The van der Waals surface area contributed by atoms with Gasteiger partial charge in [0.1, 0.15) is 18.0 Å². The molecule has 1 fully saturated rings. The monoisotopic (exact) mass is 391 g/mol. The summed E-state index contributed by atoms with van der Waals surface area (Å²) in [4.78, 5) is 10.9. The Labute approximate surface area is 168 Å². The smallest absolute Gasteiger partial charge is 0.231 e. The maximum atomic E-state index is 5.42. The zero-order chi connectivity index (χ0) is 19.5. The van der Waals surface area contributed by atoms with E-state index in [4.69, 9.17) is 14.2 Å². The number of nitrogens with zero attached hydrogens (tertiary/aromatic N) is 3. The number of aromatic nitrogens is 2. The van der Waals surface area contributed by atoms with E-state index in [1.54, 1.807) is 0 Å². The third-order valence-electron chi connectivity index (χ3n) is 4.83. The molecule has 2 aliphatic heterocycles. The van der Waals surface area contributed by atoms with Crippen LogP contribution in [0.4, 0.5) is 28.7 Å². The van der Waals surface area contributed by atoms with Gasteiger partial charge in [0.25, 0.3) is 0 Å². The molecule has 2 aliphatic rings. The summed E-state index contributed by atoms with van der Waals surface area (Å²) in [5, 5.41) is 6.59. The summed E-state index contributed by atoms with van der Waals surface area (Å²) in [5.41, 5.74) is 3.04. The van der Waals surface area contributed by atoms with Gasteiger partial charge in [0.15, 0.2) is 11.5 Å². The average molecular weight is 391 g/mol. The molecule has 29 heavy (non-hydrogen) atoms. The number of ether oxygens (including phenoxy) is 3. The van der Waals surface area contributed by atoms with Crippen molar-refractivity contribution in [1.29, 1.82) is 0 Å². The van der Waals surface area contributed by atoms with Crippen LogP contribution >= 0.6 is 0 Å². The minimum Gasteiger partial charge on any atom is -0.454 e. The van der Waals surface area contributed by atoms with Crippen molar-refractivity contribution in [2.24, 2.45) is 0 Å². The predicted octanol–water partition coefficient (Wildman–Crippen LogP) is 3.53. The van der Waals surface area contributed by atoms with Crippen molar-refractivity contribution in [2.75, 3.05) is 48.6 Å². The van der Waals surface area contributed by atoms with Gasteiger partial charge >= 0.3 is 0 Å². The van der Waals surface area contributed by atoms with Crippen molar-refractivity contribution in [3.63, 3.8) is 0 Å². The lowest BCUT2D eigenvalue weighted by atomic mass is 10.2. The Morgan fingerprint density at radius 3 is 2.24 bits per heavy atom. The summed E-state index contributed by atoms with van der Waals surface area (Å²) in [7, 11) is 0. The second-order valence-corrected chi connectivity index (χ2v) is 6.75. The lowest BCUT2D eigenvalue weighted by Crippen LogP contribution is -2.36. The van der Waals surface area contributed by atoms with Gasteiger partial charge in [0.05, 0.1) is 13.2 Å². The van der Waals surface area contributed by atoms with Crippen molar-refractivity contribution in [1.82, 2.24) is 9.97 Å². The molecule has 0 radical (unpaired) electrons. The van der Waals surface area contributed by atoms with Gasteiger partial charge in [-0.05, 0) is 36.4 Å². The highest BCUT2D eigenvalue weighted by molar-refractivity contribution is 5.66. The van der Waals surface area contributed by atoms with E-state index in [1.807, 2.05) is 24.3 Å². The number of benzene rings is 2. The summed E-state index contributed by atoms with van der Waals surface area (Å²) >= 11 is 0. The lowest BCUT2D eigenvalue weighted by molar-refractivity contribution is 0.122. The first-order chi connectivity index (χ1) is 14.3. The van der Waals surface area contributed by atoms with Crippen molar-refractivity contribution in [3.05, 3.63) is 54.9 Å². The zero-order valence-electron chi connectivity index (χ0n) is 15.8. The number of rotatable bonds is 5. The van der Waals surface area contributed by atoms with Crippen LogP contribution in [0.3, 0.4) is 0 Å². The maximum Gasteiger partial charge on any atom is 0.231 e. The van der Waals surface area contributed by atoms with Gasteiger partial charge in [-0.1, -0.05) is 0 Å². The number of morpholine rings is 1. The van der Waals surface area contributed by atoms with Gasteiger partial charge in [-0.15, -0.1) is 0 Å². The minimum absolute atomic E-state index is 0.255. The molecule has 8 nitrogen and oxygen atoms in total. The van der Waals surface area contributed by atoms with Crippen LogP contribution in [0.2, 0.25) is 0 Å². The first-order valence-electron chi connectivity index (χ1n) is 9.52. The molecular formula is C21H21N5O3. The summed E-state index contributed by atoms with van der Waals surface area (Å²) in [6, 6.07) is 15.9. The third kappa shape index (κ3) is 4.02. The standard InChI is InChI=1S/C21H21N5O3/c1-4-17(26-7-9-27-10-8-26)5-2-15(1)24-20-12-21(23-13-22-20)25-16-3-6-18-19(11-16)29-14-28-18/h1-6,11-13H,7-10,14H2,(H2,22,23,24,25). The maximum absolute atomic E-state index is 5.42. The Hall–Kier alpha value is -3.52. The summed E-state index contributed by atoms with van der Waals surface area (Å²) in [6.45, 7) is 3.66. The molecule has 5 rings (SSSR count). The quantitative estimate of drug-likeness (QED) is 0.684. The van der Waals surface area contributed by atoms with Crippen LogP contribution in [0.25, 0.3) is 0 Å². The normalized spacial score (nSPS) is 15.2. The molecule has 2 aromatic carbocycles. The van der Waals surface area contributed by atoms with Gasteiger partial charge in [-0.2, -0.15) is 0 Å². The highest BCUT2D eigenvalue weighted by Crippen LogP contribution is 2.35. The Bertz CT molecular complexity index is 990. The predicted molar refractivity (Wildman–Crippen MR) is 111 cm³/mol. The molecule has 0 atom stereocenters. The zero-order valence-corrected chi connectivity index (χ0v) is 15.8. The number of anilines is 5. The fraction of sp³-hybridized carbons (Fsp3) is 0.238. The number of fused-ring (bicyclic) bond motifs is 1. The Morgan fingerprint density at radius 1 is 0.759 bits per heavy atom. The van der Waals surface area contributed by atoms with Crippen molar-refractivity contribution in [3.8, 4) is 11.5 Å². The van der Waals surface area contributed by atoms with Crippen LogP contribution in [0.15, 0.2) is 54.9 Å². The van der Waals surface area contributed by atoms with E-state index in [0.717, 1.165) is 49.2 Å². The summed E-state index contributed by atoms with van der Waals surface area (Å²) < 4.78 is 16.2. The van der Waals surface area contributed by atoms with Crippen LogP contribution in [0.1, 0.15) is 0 Å². The molecule has 1 saturated heterocycles. The molecule has 0 amide bonds. The second kappa shape index (κ2) is 7.84. The number of hydrogen-bond acceptors (Lipinski definition) is 8. The highest BCUT2D eigenvalue weighted by Gasteiger charge is 2.14. The van der Waals surface area contributed by atoms with Crippen molar-refractivity contribution < 1.29 is 14.2 Å². The topological polar surface area (TPSA) is 80.8 Å². The molecule has 0 unspecified atom stereocenters. The molecule has 148 valence electrons. The number of nitrogens with one attached hydrogen (secondary N) is 2. The average Bonchev–Trinajstić information content (AvgIpc) is 3.23. The molecule has 0 saturated carbocycles. The molecule has 0 spiro atoms. The molecule has 2 N–H and O–H groups in total. The fourth-order valence-corrected chi connectivity index (χ4v) is 3.34. The molecule has 0 bridgehead atoms. The van der Waals surface area contributed by atoms with E-state index < -0.39 is 0 Å². The molecular weight excluding hydrogens is 370 g/mol. The van der Waals surface area contributed by atoms with E-state index in [-0.39, 0.29) is 6.79 Å². The second-order valence-electron chi connectivity index (χ2n) is 6.75. The minimum atomic E-state index is 0.255. The SMILES string of the molecule is c1nc(Nc2ccc(N3CCOCC3)cc2)cc(Nc2ccc3c(c2)OCO3)n1. The Kier molecular flexibility index (Phi) is 4.75. The Balaban J connectivity index is 1.26. The van der Waals surface area contributed by atoms with Crippen molar-refractivity contribution in [2.45, 2.75) is 0 Å². The van der Waals surface area contributed by atoms with E-state index >= 15 is 0 Å². The first-order valence-corrected chi connectivity index (χ1v) is 9.52. The van der Waals surface area contributed by atoms with Gasteiger partial charge in [-0.3, -0.25) is 0 Å². The molecule has 3 heterocycles. The van der Waals surface area contributed by atoms with Crippen LogP contribution < -0.4 is 25.0 Å². The van der Waals surface area contributed by atoms with Gasteiger partial charge in [0.2, 0.25) is 6.79 Å². The molecule has 1 aromatic heterocycles. The summed E-state index contributed by atoms with van der Waals surface area (Å²) in [6.07, 6.45) is 1.53. The lowest BCUT2D eigenvalue weighted by Gasteiger charge is -2.28. The van der Waals surface area contributed by atoms with Crippen LogP contribution in [0.5, 0.6) is 11.5 Å². The Morgan fingerprint density at radius 2 is 1.45 bits per heavy atom. The van der Waals surface area contributed by atoms with Crippen LogP contribution in [-0.4, -0.2) is 43.1 Å². The molecule has 0 aliphatic carbocycles. The third-order valence-corrected chi connectivity index (χ3v) is 4.83. The highest BCUT2D eigenvalue weighted by atomic mass is 16.7.